The van der Waals surface area contributed by atoms with Crippen molar-refractivity contribution in [1.82, 2.24) is 9.21 Å². The monoisotopic (exact) mass is 506 g/mol. The maximum atomic E-state index is 13.0. The normalized spacial score (nSPS) is 21.7. The zero-order valence-corrected chi connectivity index (χ0v) is 21.2. The van der Waals surface area contributed by atoms with Gasteiger partial charge in [-0.3, -0.25) is 14.5 Å². The van der Waals surface area contributed by atoms with Crippen molar-refractivity contribution in [3.05, 3.63) is 45.8 Å². The summed E-state index contributed by atoms with van der Waals surface area (Å²) in [7, 11) is -3.70. The number of benzene rings is 1. The fraction of sp³-hybridized carbons (Fsp3) is 0.478. The summed E-state index contributed by atoms with van der Waals surface area (Å²) < 4.78 is 33.1. The van der Waals surface area contributed by atoms with Gasteiger partial charge in [0.25, 0.3) is 11.8 Å². The van der Waals surface area contributed by atoms with E-state index in [4.69, 9.17) is 10.5 Å². The molecular formula is C23H30N4O5S2. The number of carbonyl (C=O) groups is 2. The van der Waals surface area contributed by atoms with Gasteiger partial charge in [-0.15, -0.1) is 11.3 Å². The summed E-state index contributed by atoms with van der Waals surface area (Å²) >= 11 is 1.37. The summed E-state index contributed by atoms with van der Waals surface area (Å²) in [5, 5.41) is 3.25. The number of hydrogen-bond acceptors (Lipinski definition) is 7. The third-order valence-corrected chi connectivity index (χ3v) is 9.18. The van der Waals surface area contributed by atoms with Crippen molar-refractivity contribution in [2.45, 2.75) is 50.8 Å². The van der Waals surface area contributed by atoms with Crippen LogP contribution in [-0.4, -0.2) is 67.8 Å². The molecule has 2 aliphatic rings. The first-order chi connectivity index (χ1) is 16.1. The van der Waals surface area contributed by atoms with Gasteiger partial charge in [-0.2, -0.15) is 4.31 Å². The number of fused-ring (bicyclic) bond motifs is 1. The van der Waals surface area contributed by atoms with Gasteiger partial charge < -0.3 is 15.8 Å². The zero-order chi connectivity index (χ0) is 24.6. The number of nitrogens with two attached hydrogens (primary N) is 1. The van der Waals surface area contributed by atoms with E-state index >= 15 is 0 Å². The van der Waals surface area contributed by atoms with Crippen molar-refractivity contribution in [2.75, 3.05) is 31.5 Å². The van der Waals surface area contributed by atoms with E-state index in [1.54, 1.807) is 0 Å². The number of rotatable bonds is 6. The Kier molecular flexibility index (Phi) is 7.11. The van der Waals surface area contributed by atoms with Crippen LogP contribution < -0.4 is 11.1 Å². The number of carbonyl (C=O) groups excluding carboxylic acids is 2. The number of primary amides is 1. The molecule has 0 radical (unpaired) electrons. The maximum Gasteiger partial charge on any atom is 0.256 e. The number of thiophene rings is 1. The lowest BCUT2D eigenvalue weighted by atomic mass is 10.0. The number of nitrogens with one attached hydrogen (secondary N) is 1. The molecule has 2 aromatic rings. The van der Waals surface area contributed by atoms with Gasteiger partial charge in [0.05, 0.1) is 22.7 Å². The smallest absolute Gasteiger partial charge is 0.256 e. The molecule has 2 aliphatic heterocycles. The third-order valence-electron chi connectivity index (χ3n) is 6.20. The molecule has 184 valence electrons. The number of ether oxygens (including phenoxy) is 1. The quantitative estimate of drug-likeness (QED) is 0.620. The molecule has 2 amide bonds. The molecular weight excluding hydrogens is 476 g/mol. The Morgan fingerprint density at radius 3 is 2.41 bits per heavy atom. The molecule has 0 aliphatic carbocycles. The topological polar surface area (TPSA) is 122 Å². The molecule has 3 heterocycles. The fourth-order valence-corrected chi connectivity index (χ4v) is 7.39. The third kappa shape index (κ3) is 4.89. The second kappa shape index (κ2) is 9.74. The zero-order valence-electron chi connectivity index (χ0n) is 19.5. The molecule has 11 heteroatoms. The van der Waals surface area contributed by atoms with E-state index in [1.165, 1.54) is 39.9 Å². The van der Waals surface area contributed by atoms with Crippen LogP contribution in [0.4, 0.5) is 5.00 Å². The van der Waals surface area contributed by atoms with Crippen LogP contribution >= 0.6 is 11.3 Å². The largest absolute Gasteiger partial charge is 0.373 e. The van der Waals surface area contributed by atoms with E-state index < -0.39 is 21.8 Å². The summed E-state index contributed by atoms with van der Waals surface area (Å²) in [4.78, 5) is 28.5. The fourth-order valence-electron chi connectivity index (χ4n) is 4.50. The highest BCUT2D eigenvalue weighted by Crippen LogP contribution is 2.37. The van der Waals surface area contributed by atoms with Crippen LogP contribution in [0.5, 0.6) is 0 Å². The van der Waals surface area contributed by atoms with E-state index in [2.05, 4.69) is 17.1 Å². The highest BCUT2D eigenvalue weighted by atomic mass is 32.2. The number of sulfonamides is 1. The number of anilines is 1. The number of likely N-dealkylation sites (N-methyl/N-ethyl adjacent to an activating group) is 1. The van der Waals surface area contributed by atoms with Crippen molar-refractivity contribution in [3.8, 4) is 0 Å². The number of morpholine rings is 1. The Morgan fingerprint density at radius 2 is 1.82 bits per heavy atom. The number of hydrogen-bond donors (Lipinski definition) is 2. The minimum absolute atomic E-state index is 0.120. The molecule has 2 atom stereocenters. The van der Waals surface area contributed by atoms with E-state index in [-0.39, 0.29) is 30.2 Å². The molecule has 1 aromatic carbocycles. The van der Waals surface area contributed by atoms with Gasteiger partial charge in [0.2, 0.25) is 10.0 Å². The lowest BCUT2D eigenvalue weighted by Crippen LogP contribution is -2.48. The van der Waals surface area contributed by atoms with E-state index in [9.17, 15) is 18.0 Å². The van der Waals surface area contributed by atoms with Gasteiger partial charge >= 0.3 is 0 Å². The standard InChI is InChI=1S/C23H30N4O5S2/c1-4-26-10-9-18-19(13-26)33-23(20(18)21(24)28)25-22(29)16-5-7-17(8-6-16)34(30,31)27-11-14(2)32-15(3)12-27/h5-8,14-15H,4,9-13H2,1-3H3,(H2,24,28)(H,25,29)/t14-,15-/m1/s1. The van der Waals surface area contributed by atoms with Crippen LogP contribution in [0.15, 0.2) is 29.2 Å². The van der Waals surface area contributed by atoms with Crippen molar-refractivity contribution >= 4 is 38.2 Å². The van der Waals surface area contributed by atoms with E-state index in [1.807, 2.05) is 13.8 Å². The molecule has 0 spiro atoms. The lowest BCUT2D eigenvalue weighted by molar-refractivity contribution is -0.0440. The summed E-state index contributed by atoms with van der Waals surface area (Å²) in [6, 6.07) is 5.82. The Hall–Kier alpha value is -2.31. The molecule has 9 nitrogen and oxygen atoms in total. The maximum absolute atomic E-state index is 13.0. The first-order valence-electron chi connectivity index (χ1n) is 11.3. The van der Waals surface area contributed by atoms with Gasteiger partial charge in [-0.05, 0) is 56.6 Å². The van der Waals surface area contributed by atoms with Crippen molar-refractivity contribution in [2.24, 2.45) is 5.73 Å². The summed E-state index contributed by atoms with van der Waals surface area (Å²) in [5.41, 5.74) is 7.22. The molecule has 3 N–H and O–H groups in total. The van der Waals surface area contributed by atoms with Gasteiger partial charge in [0, 0.05) is 36.6 Å². The van der Waals surface area contributed by atoms with Crippen LogP contribution in [0.25, 0.3) is 0 Å². The predicted octanol–water partition coefficient (Wildman–Crippen LogP) is 2.28. The first kappa shape index (κ1) is 24.8. The van der Waals surface area contributed by atoms with Gasteiger partial charge in [-0.1, -0.05) is 6.92 Å². The van der Waals surface area contributed by atoms with E-state index in [0.717, 1.165) is 30.1 Å². The molecule has 1 aromatic heterocycles. The highest BCUT2D eigenvalue weighted by Gasteiger charge is 2.32. The number of amides is 2. The highest BCUT2D eigenvalue weighted by molar-refractivity contribution is 7.89. The predicted molar refractivity (Wildman–Crippen MR) is 131 cm³/mol. The Labute approximate surface area is 203 Å². The molecule has 4 rings (SSSR count). The molecule has 0 bridgehead atoms. The molecule has 1 fully saturated rings. The van der Waals surface area contributed by atoms with Crippen molar-refractivity contribution in [3.63, 3.8) is 0 Å². The average Bonchev–Trinajstić information content (AvgIpc) is 3.15. The average molecular weight is 507 g/mol. The summed E-state index contributed by atoms with van der Waals surface area (Å²) in [5.74, 6) is -0.987. The number of nitrogens with zero attached hydrogens (tertiary/aromatic N) is 2. The molecule has 1 saturated heterocycles. The Morgan fingerprint density at radius 1 is 1.18 bits per heavy atom. The van der Waals surface area contributed by atoms with Gasteiger partial charge in [-0.25, -0.2) is 8.42 Å². The lowest BCUT2D eigenvalue weighted by Gasteiger charge is -2.34. The molecule has 34 heavy (non-hydrogen) atoms. The summed E-state index contributed by atoms with van der Waals surface area (Å²) in [6.07, 6.45) is 0.326. The van der Waals surface area contributed by atoms with Gasteiger partial charge in [0.1, 0.15) is 5.00 Å². The van der Waals surface area contributed by atoms with E-state index in [0.29, 0.717) is 22.5 Å². The van der Waals surface area contributed by atoms with Crippen LogP contribution in [0.1, 0.15) is 51.9 Å². The van der Waals surface area contributed by atoms with Crippen LogP contribution in [0.2, 0.25) is 0 Å². The Bertz CT molecular complexity index is 1180. The molecule has 0 saturated carbocycles. The van der Waals surface area contributed by atoms with Crippen molar-refractivity contribution < 1.29 is 22.7 Å². The van der Waals surface area contributed by atoms with Crippen LogP contribution in [0, 0.1) is 0 Å². The SMILES string of the molecule is CCN1CCc2c(sc(NC(=O)c3ccc(S(=O)(=O)N4C[C@@H](C)O[C@H](C)C4)cc3)c2C(N)=O)C1. The van der Waals surface area contributed by atoms with Gasteiger partial charge in [0.15, 0.2) is 0 Å². The van der Waals surface area contributed by atoms with Crippen LogP contribution in [0.3, 0.4) is 0 Å². The Balaban J connectivity index is 1.53. The van der Waals surface area contributed by atoms with Crippen LogP contribution in [-0.2, 0) is 27.7 Å². The first-order valence-corrected chi connectivity index (χ1v) is 13.6. The summed E-state index contributed by atoms with van der Waals surface area (Å²) in [6.45, 7) is 8.79. The molecule has 0 unspecified atom stereocenters. The minimum atomic E-state index is -3.70. The van der Waals surface area contributed by atoms with Crippen molar-refractivity contribution in [1.29, 1.82) is 0 Å². The second-order valence-corrected chi connectivity index (χ2v) is 11.8. The second-order valence-electron chi connectivity index (χ2n) is 8.75. The minimum Gasteiger partial charge on any atom is -0.373 e.